The summed E-state index contributed by atoms with van der Waals surface area (Å²) in [6, 6.07) is -2.39. The highest BCUT2D eigenvalue weighted by atomic mass is 32.6. The number of carboxylic acid groups (broad SMARTS) is 2. The van der Waals surface area contributed by atoms with E-state index in [2.05, 4.69) is 26.1 Å². The molecule has 12 nitrogen and oxygen atoms in total. The molecule has 1 aliphatic rings. The Hall–Kier alpha value is -1.65. The van der Waals surface area contributed by atoms with Gasteiger partial charge in [0.25, 0.3) is 0 Å². The number of ether oxygens (including phenoxy) is 3. The Labute approximate surface area is 222 Å². The molecule has 0 saturated carbocycles. The van der Waals surface area contributed by atoms with Crippen LogP contribution in [0.4, 0.5) is 9.59 Å². The molecule has 1 fully saturated rings. The second-order valence-corrected chi connectivity index (χ2v) is 13.0. The van der Waals surface area contributed by atoms with Crippen LogP contribution in [0.3, 0.4) is 0 Å². The van der Waals surface area contributed by atoms with Crippen LogP contribution in [-0.2, 0) is 35.6 Å². The van der Waals surface area contributed by atoms with Crippen LogP contribution in [0.1, 0.15) is 69.2 Å². The van der Waals surface area contributed by atoms with Gasteiger partial charge in [0.1, 0.15) is 16.9 Å². The number of carboxylic acids is 2. The predicted molar refractivity (Wildman–Crippen MR) is 142 cm³/mol. The van der Waals surface area contributed by atoms with Crippen LogP contribution in [0.25, 0.3) is 0 Å². The molecule has 36 heavy (non-hydrogen) atoms. The molecule has 1 saturated heterocycles. The number of nitrogens with zero attached hydrogens (tertiary/aromatic N) is 1. The number of nitrogens with one attached hydrogen (secondary N) is 1. The maximum absolute atomic E-state index is 12.1. The lowest BCUT2D eigenvalue weighted by atomic mass is 10.1. The number of amides is 2. The van der Waals surface area contributed by atoms with Gasteiger partial charge in [0, 0.05) is 0 Å². The maximum Gasteiger partial charge on any atom is 0.413 e. The smallest absolute Gasteiger partial charge is 0.413 e. The molecule has 1 rings (SSSR count). The molecule has 15 heteroatoms. The molecule has 0 aromatic rings. The molecule has 0 radical (unpaired) electrons. The van der Waals surface area contributed by atoms with Crippen molar-refractivity contribution in [1.29, 1.82) is 1.28 Å². The molecular formula is C21H41N2O10P2S+. The Morgan fingerprint density at radius 3 is 1.86 bits per heavy atom. The summed E-state index contributed by atoms with van der Waals surface area (Å²) in [7, 11) is 2.20. The second kappa shape index (κ2) is 14.9. The Morgan fingerprint density at radius 2 is 1.56 bits per heavy atom. The summed E-state index contributed by atoms with van der Waals surface area (Å²) in [5.41, 5.74) is -2.38. The second-order valence-electron chi connectivity index (χ2n) is 10.2. The summed E-state index contributed by atoms with van der Waals surface area (Å²) in [5, 5.41) is 29.0. The molecule has 0 bridgehead atoms. The number of rotatable bonds is 4. The van der Waals surface area contributed by atoms with E-state index in [1.807, 2.05) is 0 Å². The van der Waals surface area contributed by atoms with Gasteiger partial charge < -0.3 is 34.8 Å². The zero-order valence-corrected chi connectivity index (χ0v) is 25.3. The van der Waals surface area contributed by atoms with Crippen molar-refractivity contribution in [2.45, 2.75) is 110 Å². The first kappa shape index (κ1) is 34.4. The number of hydrogen-bond donors (Lipinski definition) is 4. The van der Waals surface area contributed by atoms with Crippen LogP contribution in [-0.4, -0.2) is 86.8 Å². The summed E-state index contributed by atoms with van der Waals surface area (Å²) in [4.78, 5) is 46.3. The normalized spacial score (nSPS) is 21.2. The quantitative estimate of drug-likeness (QED) is 0.362. The van der Waals surface area contributed by atoms with Crippen LogP contribution >= 0.6 is 15.9 Å². The van der Waals surface area contributed by atoms with E-state index >= 15 is 0 Å². The summed E-state index contributed by atoms with van der Waals surface area (Å²) in [5.74, 6) is -2.41. The molecule has 3 unspecified atom stereocenters. The molecule has 0 spiro atoms. The van der Waals surface area contributed by atoms with E-state index in [0.717, 1.165) is 4.90 Å². The molecule has 0 aromatic carbocycles. The summed E-state index contributed by atoms with van der Waals surface area (Å²) in [6.45, 7) is 15.5. The SMILES string of the molecule is C[C@@H](O)[C@H](NC(=O)OC(C)(C)C)C(=O)O.C[C@H]1OC(C)(C)N(C(=O)OC(C)(C)C)C1C(=O)O.[3H][P+](P)=S. The van der Waals surface area contributed by atoms with E-state index in [-0.39, 0.29) is 0 Å². The summed E-state index contributed by atoms with van der Waals surface area (Å²) in [6.07, 6.45) is -3.31. The van der Waals surface area contributed by atoms with Gasteiger partial charge in [0.15, 0.2) is 30.9 Å². The fraction of sp³-hybridized carbons (Fsp3) is 0.810. The van der Waals surface area contributed by atoms with Crippen molar-refractivity contribution in [3.63, 3.8) is 0 Å². The third kappa shape index (κ3) is 14.2. The molecule has 4 N–H and O–H groups in total. The standard InChI is InChI=1S/C12H21NO5.C9H17NO5.H2P2S/c1-7-8(9(14)15)13(12(5,6)17-7)10(16)18-11(2,3)4;1-5(11)6(7(12)13)10-8(14)15-9(2,3)4;1-2-3/h7-8H,1-6H3,(H,14,15);5-6,11H,1-4H3,(H,10,14)(H,12,13);1H2/p+1/t7-,8?;5-,6+;/m11./s1/i/hT. The molecule has 6 atom stereocenters. The lowest BCUT2D eigenvalue weighted by Gasteiger charge is -2.33. The van der Waals surface area contributed by atoms with E-state index < -0.39 is 72.3 Å². The number of carbonyl (C=O) groups is 4. The van der Waals surface area contributed by atoms with Crippen LogP contribution in [0.15, 0.2) is 0 Å². The lowest BCUT2D eigenvalue weighted by Crippen LogP contribution is -2.52. The van der Waals surface area contributed by atoms with Crippen molar-refractivity contribution in [2.24, 2.45) is 0 Å². The third-order valence-corrected chi connectivity index (χ3v) is 4.04. The molecule has 210 valence electrons. The molecular weight excluding hydrogens is 534 g/mol. The minimum absolute atomic E-state index is 0.579. The highest BCUT2D eigenvalue weighted by Gasteiger charge is 2.53. The van der Waals surface area contributed by atoms with Crippen LogP contribution in [0, 0.1) is 0 Å². The monoisotopic (exact) mass is 577 g/mol. The van der Waals surface area contributed by atoms with Crippen molar-refractivity contribution in [2.75, 3.05) is 0 Å². The Kier molecular flexibility index (Phi) is 14.2. The number of aliphatic hydroxyl groups excluding tert-OH is 1. The first-order valence-corrected chi connectivity index (χ1v) is 14.4. The average molecular weight is 578 g/mol. The number of aliphatic hydroxyl groups is 1. The van der Waals surface area contributed by atoms with Crippen molar-refractivity contribution >= 4 is 51.9 Å². The molecule has 1 heterocycles. The minimum Gasteiger partial charge on any atom is -0.480 e. The van der Waals surface area contributed by atoms with Crippen LogP contribution in [0.5, 0.6) is 0 Å². The van der Waals surface area contributed by atoms with Gasteiger partial charge in [-0.1, -0.05) is 0 Å². The molecule has 0 aliphatic carbocycles. The third-order valence-electron chi connectivity index (χ3n) is 4.04. The van der Waals surface area contributed by atoms with Gasteiger partial charge in [-0.15, -0.1) is 0 Å². The number of alkyl carbamates (subject to hydrolysis) is 1. The predicted octanol–water partition coefficient (Wildman–Crippen LogP) is 3.09. The zero-order chi connectivity index (χ0) is 30.1. The van der Waals surface area contributed by atoms with Gasteiger partial charge in [0.05, 0.1) is 21.1 Å². The number of hydrogen-bond acceptors (Lipinski definition) is 9. The molecule has 2 amide bonds. The average Bonchev–Trinajstić information content (AvgIpc) is 2.84. The van der Waals surface area contributed by atoms with Crippen molar-refractivity contribution in [1.82, 2.24) is 10.2 Å². The van der Waals surface area contributed by atoms with Gasteiger partial charge in [-0.2, -0.15) is 0 Å². The van der Waals surface area contributed by atoms with E-state index in [4.69, 9.17) is 25.7 Å². The van der Waals surface area contributed by atoms with Gasteiger partial charge in [-0.05, 0) is 69.2 Å². The highest BCUT2D eigenvalue weighted by molar-refractivity contribution is 8.24. The highest BCUT2D eigenvalue weighted by Crippen LogP contribution is 2.33. The maximum atomic E-state index is 12.1. The Morgan fingerprint density at radius 1 is 1.14 bits per heavy atom. The van der Waals surface area contributed by atoms with E-state index in [0.29, 0.717) is 0 Å². The van der Waals surface area contributed by atoms with E-state index in [1.165, 1.54) is 6.92 Å². The minimum atomic E-state index is -1.36. The molecule has 1 aliphatic heterocycles. The summed E-state index contributed by atoms with van der Waals surface area (Å²) >= 11 is 4.31. The fourth-order valence-electron chi connectivity index (χ4n) is 2.90. The fourth-order valence-corrected chi connectivity index (χ4v) is 2.90. The topological polar surface area (TPSA) is 172 Å². The lowest BCUT2D eigenvalue weighted by molar-refractivity contribution is -0.143. The van der Waals surface area contributed by atoms with Gasteiger partial charge in [-0.3, -0.25) is 4.90 Å². The van der Waals surface area contributed by atoms with E-state index in [9.17, 15) is 24.3 Å². The first-order chi connectivity index (χ1) is 16.3. The van der Waals surface area contributed by atoms with Gasteiger partial charge >= 0.3 is 25.4 Å². The Bertz CT molecular complexity index is 827. The van der Waals surface area contributed by atoms with Gasteiger partial charge in [-0.25, -0.2) is 19.2 Å². The van der Waals surface area contributed by atoms with Gasteiger partial charge in [0.2, 0.25) is 0 Å². The van der Waals surface area contributed by atoms with Crippen molar-refractivity contribution in [3.05, 3.63) is 0 Å². The van der Waals surface area contributed by atoms with E-state index in [1.54, 1.807) is 62.3 Å². The largest absolute Gasteiger partial charge is 0.480 e. The first-order valence-electron chi connectivity index (χ1n) is 11.3. The summed E-state index contributed by atoms with van der Waals surface area (Å²) < 4.78 is 22.0. The molecule has 0 aromatic heterocycles. The zero-order valence-electron chi connectivity index (χ0n) is 23.4. The Balaban J connectivity index is 0. The van der Waals surface area contributed by atoms with Crippen LogP contribution in [0.2, 0.25) is 0 Å². The van der Waals surface area contributed by atoms with Crippen molar-refractivity contribution in [3.8, 4) is 0 Å². The van der Waals surface area contributed by atoms with Crippen LogP contribution < -0.4 is 5.32 Å². The number of aliphatic carboxylic acids is 2. The number of carbonyl (C=O) groups excluding carboxylic acids is 2. The van der Waals surface area contributed by atoms with Crippen molar-refractivity contribution < 1.29 is 48.7 Å².